The first-order valence-electron chi connectivity index (χ1n) is 5.86. The lowest BCUT2D eigenvalue weighted by Crippen LogP contribution is -2.07. The second-order valence-corrected chi connectivity index (χ2v) is 5.68. The number of nitrogen functional groups attached to an aromatic ring is 1. The predicted octanol–water partition coefficient (Wildman–Crippen LogP) is 3.63. The summed E-state index contributed by atoms with van der Waals surface area (Å²) in [4.78, 5) is 1.28. The molecule has 0 saturated carbocycles. The number of hydrogen-bond acceptors (Lipinski definition) is 3. The average molecular weight is 245 g/mol. The molecule has 2 heterocycles. The van der Waals surface area contributed by atoms with Gasteiger partial charge in [0.25, 0.3) is 0 Å². The molecule has 2 N–H and O–H groups in total. The van der Waals surface area contributed by atoms with Crippen molar-refractivity contribution < 1.29 is 4.74 Å². The van der Waals surface area contributed by atoms with Crippen LogP contribution < -0.4 is 10.5 Å². The van der Waals surface area contributed by atoms with Crippen LogP contribution in [0.1, 0.15) is 16.9 Å². The normalized spacial score (nSPS) is 14.2. The Labute approximate surface area is 105 Å². The molecule has 3 heteroatoms. The zero-order chi connectivity index (χ0) is 11.8. The fraction of sp³-hybridized carbons (Fsp3) is 0.286. The summed E-state index contributed by atoms with van der Waals surface area (Å²) in [6.07, 6.45) is 2.23. The molecular weight excluding hydrogens is 230 g/mol. The van der Waals surface area contributed by atoms with Crippen LogP contribution >= 0.6 is 11.3 Å². The van der Waals surface area contributed by atoms with Gasteiger partial charge in [0.1, 0.15) is 5.75 Å². The van der Waals surface area contributed by atoms with Crippen LogP contribution in [-0.4, -0.2) is 6.61 Å². The maximum absolute atomic E-state index is 5.85. The number of aryl methyl sites for hydroxylation is 2. The Kier molecular flexibility index (Phi) is 2.56. The van der Waals surface area contributed by atoms with E-state index in [9.17, 15) is 0 Å². The number of fused-ring (bicyclic) bond motifs is 1. The number of hydrogen-bond donors (Lipinski definition) is 1. The minimum absolute atomic E-state index is 0.844. The molecular formula is C14H15NOS. The highest BCUT2D eigenvalue weighted by molar-refractivity contribution is 7.16. The van der Waals surface area contributed by atoms with E-state index < -0.39 is 0 Å². The maximum Gasteiger partial charge on any atom is 0.122 e. The van der Waals surface area contributed by atoms with Gasteiger partial charge in [-0.25, -0.2) is 0 Å². The minimum Gasteiger partial charge on any atom is -0.493 e. The summed E-state index contributed by atoms with van der Waals surface area (Å²) < 4.78 is 5.63. The van der Waals surface area contributed by atoms with E-state index in [4.69, 9.17) is 10.5 Å². The van der Waals surface area contributed by atoms with E-state index in [1.807, 2.05) is 0 Å². The van der Waals surface area contributed by atoms with E-state index in [1.165, 1.54) is 21.6 Å². The molecule has 0 aliphatic carbocycles. The van der Waals surface area contributed by atoms with Gasteiger partial charge >= 0.3 is 0 Å². The van der Waals surface area contributed by atoms with Crippen molar-refractivity contribution in [1.82, 2.24) is 0 Å². The minimum atomic E-state index is 0.844. The van der Waals surface area contributed by atoms with Gasteiger partial charge in [0.05, 0.1) is 11.6 Å². The van der Waals surface area contributed by atoms with Crippen molar-refractivity contribution in [2.45, 2.75) is 19.8 Å². The zero-order valence-corrected chi connectivity index (χ0v) is 10.6. The van der Waals surface area contributed by atoms with Crippen molar-refractivity contribution in [3.05, 3.63) is 34.7 Å². The van der Waals surface area contributed by atoms with E-state index >= 15 is 0 Å². The number of ether oxygens (including phenoxy) is 1. The molecule has 88 valence electrons. The quantitative estimate of drug-likeness (QED) is 0.832. The molecule has 0 radical (unpaired) electrons. The van der Waals surface area contributed by atoms with Crippen LogP contribution in [0.3, 0.4) is 0 Å². The van der Waals surface area contributed by atoms with Gasteiger partial charge in [-0.2, -0.15) is 0 Å². The Balaban J connectivity index is 2.06. The van der Waals surface area contributed by atoms with Crippen LogP contribution in [0.25, 0.3) is 11.1 Å². The summed E-state index contributed by atoms with van der Waals surface area (Å²) in [5.74, 6) is 1.04. The van der Waals surface area contributed by atoms with E-state index in [1.54, 1.807) is 11.3 Å². The number of anilines is 1. The lowest BCUT2D eigenvalue weighted by atomic mass is 9.99. The van der Waals surface area contributed by atoms with Crippen molar-refractivity contribution in [1.29, 1.82) is 0 Å². The zero-order valence-electron chi connectivity index (χ0n) is 9.82. The summed E-state index contributed by atoms with van der Waals surface area (Å²) in [6.45, 7) is 2.96. The number of benzene rings is 1. The molecule has 1 aliphatic rings. The molecule has 17 heavy (non-hydrogen) atoms. The van der Waals surface area contributed by atoms with Gasteiger partial charge in [-0.05, 0) is 54.7 Å². The van der Waals surface area contributed by atoms with Crippen molar-refractivity contribution in [2.75, 3.05) is 12.3 Å². The van der Waals surface area contributed by atoms with E-state index in [0.29, 0.717) is 0 Å². The summed E-state index contributed by atoms with van der Waals surface area (Å²) in [5, 5.41) is 0.881. The molecule has 0 unspecified atom stereocenters. The van der Waals surface area contributed by atoms with Crippen LogP contribution in [0.15, 0.2) is 24.3 Å². The molecule has 0 spiro atoms. The molecule has 3 rings (SSSR count). The van der Waals surface area contributed by atoms with Crippen LogP contribution in [0.5, 0.6) is 5.75 Å². The molecule has 0 bridgehead atoms. The molecule has 2 nitrogen and oxygen atoms in total. The molecule has 1 aromatic heterocycles. The Morgan fingerprint density at radius 1 is 1.29 bits per heavy atom. The predicted molar refractivity (Wildman–Crippen MR) is 72.7 cm³/mol. The largest absolute Gasteiger partial charge is 0.493 e. The van der Waals surface area contributed by atoms with Crippen molar-refractivity contribution in [3.63, 3.8) is 0 Å². The fourth-order valence-electron chi connectivity index (χ4n) is 2.32. The van der Waals surface area contributed by atoms with Crippen molar-refractivity contribution in [3.8, 4) is 16.9 Å². The topological polar surface area (TPSA) is 35.2 Å². The van der Waals surface area contributed by atoms with Gasteiger partial charge in [0.2, 0.25) is 0 Å². The highest BCUT2D eigenvalue weighted by atomic mass is 32.1. The molecule has 0 atom stereocenters. The highest BCUT2D eigenvalue weighted by Gasteiger charge is 2.13. The molecule has 1 aliphatic heterocycles. The second kappa shape index (κ2) is 4.08. The van der Waals surface area contributed by atoms with Gasteiger partial charge < -0.3 is 10.5 Å². The van der Waals surface area contributed by atoms with E-state index in [2.05, 4.69) is 31.2 Å². The molecule has 0 saturated heterocycles. The van der Waals surface area contributed by atoms with Crippen molar-refractivity contribution in [2.24, 2.45) is 0 Å². The Bertz CT molecular complexity index is 559. The lowest BCUT2D eigenvalue weighted by Gasteiger charge is -2.17. The summed E-state index contributed by atoms with van der Waals surface area (Å²) in [7, 11) is 0. The van der Waals surface area contributed by atoms with Gasteiger partial charge in [0, 0.05) is 4.88 Å². The number of rotatable bonds is 1. The first kappa shape index (κ1) is 10.7. The Morgan fingerprint density at radius 2 is 2.18 bits per heavy atom. The number of nitrogens with two attached hydrogens (primary N) is 1. The Morgan fingerprint density at radius 3 is 2.94 bits per heavy atom. The maximum atomic E-state index is 5.85. The van der Waals surface area contributed by atoms with Crippen LogP contribution in [0.2, 0.25) is 0 Å². The first-order chi connectivity index (χ1) is 8.24. The van der Waals surface area contributed by atoms with Crippen LogP contribution in [0.4, 0.5) is 5.00 Å². The van der Waals surface area contributed by atoms with Crippen LogP contribution in [-0.2, 0) is 6.42 Å². The van der Waals surface area contributed by atoms with Gasteiger partial charge in [-0.3, -0.25) is 0 Å². The van der Waals surface area contributed by atoms with Gasteiger partial charge in [0.15, 0.2) is 0 Å². The van der Waals surface area contributed by atoms with E-state index in [0.717, 1.165) is 30.2 Å². The van der Waals surface area contributed by atoms with E-state index in [-0.39, 0.29) is 0 Å². The molecule has 1 aromatic carbocycles. The molecule has 0 amide bonds. The monoisotopic (exact) mass is 245 g/mol. The highest BCUT2D eigenvalue weighted by Crippen LogP contribution is 2.35. The molecule has 0 fully saturated rings. The third-order valence-corrected chi connectivity index (χ3v) is 4.04. The first-order valence-corrected chi connectivity index (χ1v) is 6.68. The smallest absolute Gasteiger partial charge is 0.122 e. The SMILES string of the molecule is Cc1sc(N)cc1-c1ccc2c(c1)CCCO2. The number of thiophene rings is 1. The third kappa shape index (κ3) is 1.91. The molecule has 2 aromatic rings. The summed E-state index contributed by atoms with van der Waals surface area (Å²) >= 11 is 1.65. The lowest BCUT2D eigenvalue weighted by molar-refractivity contribution is 0.288. The summed E-state index contributed by atoms with van der Waals surface area (Å²) in [6, 6.07) is 8.50. The Hall–Kier alpha value is -1.48. The van der Waals surface area contributed by atoms with Crippen LogP contribution in [0, 0.1) is 6.92 Å². The second-order valence-electron chi connectivity index (χ2n) is 4.39. The van der Waals surface area contributed by atoms with Gasteiger partial charge in [-0.15, -0.1) is 11.3 Å². The standard InChI is InChI=1S/C14H15NOS/c1-9-12(8-14(15)17-9)10-4-5-13-11(7-10)3-2-6-16-13/h4-5,7-8H,2-3,6,15H2,1H3. The van der Waals surface area contributed by atoms with Crippen molar-refractivity contribution >= 4 is 16.3 Å². The average Bonchev–Trinajstić information content (AvgIpc) is 2.68. The van der Waals surface area contributed by atoms with Gasteiger partial charge in [-0.1, -0.05) is 6.07 Å². The third-order valence-electron chi connectivity index (χ3n) is 3.16. The fourth-order valence-corrected chi connectivity index (χ4v) is 3.14. The summed E-state index contributed by atoms with van der Waals surface area (Å²) in [5.41, 5.74) is 9.67.